The molecule has 7 aromatic carbocycles. The summed E-state index contributed by atoms with van der Waals surface area (Å²) >= 11 is 1.91. The normalized spacial score (nSPS) is 11.9. The van der Waals surface area contributed by atoms with Crippen molar-refractivity contribution in [1.29, 1.82) is 0 Å². The highest BCUT2D eigenvalue weighted by Crippen LogP contribution is 2.58. The zero-order valence-corrected chi connectivity index (χ0v) is 28.3. The second-order valence-corrected chi connectivity index (χ2v) is 14.3. The summed E-state index contributed by atoms with van der Waals surface area (Å²) in [5, 5.41) is 7.69. The third kappa shape index (κ3) is 4.10. The highest BCUT2D eigenvalue weighted by molar-refractivity contribution is 7.26. The molecular formula is C48H28N2S. The first kappa shape index (κ1) is 28.4. The smallest absolute Gasteiger partial charge is 0.0434 e. The monoisotopic (exact) mass is 664 g/mol. The molecule has 3 heterocycles. The molecule has 0 radical (unpaired) electrons. The van der Waals surface area contributed by atoms with Crippen molar-refractivity contribution in [1.82, 2.24) is 9.97 Å². The van der Waals surface area contributed by atoms with Crippen molar-refractivity contribution < 1.29 is 0 Å². The zero-order valence-electron chi connectivity index (χ0n) is 27.5. The first-order valence-corrected chi connectivity index (χ1v) is 18.1. The van der Waals surface area contributed by atoms with Crippen molar-refractivity contribution in [2.75, 3.05) is 0 Å². The minimum absolute atomic E-state index is 1.17. The number of hydrogen-bond donors (Lipinski definition) is 0. The lowest BCUT2D eigenvalue weighted by Gasteiger charge is -2.20. The Morgan fingerprint density at radius 2 is 0.765 bits per heavy atom. The largest absolute Gasteiger partial charge is 0.265 e. The predicted octanol–water partition coefficient (Wildman–Crippen LogP) is 13.5. The number of nitrogens with zero attached hydrogens (tertiary/aromatic N) is 2. The molecule has 0 bridgehead atoms. The van der Waals surface area contributed by atoms with Crippen LogP contribution < -0.4 is 0 Å². The Kier molecular flexibility index (Phi) is 6.16. The average Bonchev–Trinajstić information content (AvgIpc) is 3.75. The topological polar surface area (TPSA) is 25.8 Å². The fourth-order valence-electron chi connectivity index (χ4n) is 8.55. The summed E-state index contributed by atoms with van der Waals surface area (Å²) in [7, 11) is 0. The van der Waals surface area contributed by atoms with Crippen molar-refractivity contribution in [2.24, 2.45) is 0 Å². The summed E-state index contributed by atoms with van der Waals surface area (Å²) in [5.41, 5.74) is 15.1. The van der Waals surface area contributed by atoms with Gasteiger partial charge >= 0.3 is 0 Å². The highest BCUT2D eigenvalue weighted by Gasteiger charge is 2.31. The Balaban J connectivity index is 1.23. The Bertz CT molecular complexity index is 2910. The second-order valence-electron chi connectivity index (χ2n) is 13.2. The zero-order chi connectivity index (χ0) is 33.5. The van der Waals surface area contributed by atoms with Crippen LogP contribution in [-0.4, -0.2) is 9.97 Å². The second kappa shape index (κ2) is 11.0. The van der Waals surface area contributed by atoms with E-state index < -0.39 is 0 Å². The molecule has 0 spiro atoms. The van der Waals surface area contributed by atoms with Gasteiger partial charge in [-0.3, -0.25) is 9.97 Å². The van der Waals surface area contributed by atoms with Crippen LogP contribution in [0.15, 0.2) is 170 Å². The molecule has 11 rings (SSSR count). The maximum Gasteiger partial charge on any atom is 0.0434 e. The standard InChI is InChI=1S/C48H28N2S/c1-2-9-29(10-3-1)32-13-6-16-38-39-17-8-15-37(48(39)51-47(32)38)33-19-20-41-44-34(33)14-7-18-40(44)45-42(30-21-25-49-26-22-30)35-11-4-5-12-36(35)43(46(41)45)31-23-27-50-28-24-31/h1-28H. The average molecular weight is 665 g/mol. The highest BCUT2D eigenvalue weighted by atomic mass is 32.1. The molecule has 0 atom stereocenters. The van der Waals surface area contributed by atoms with E-state index in [0.717, 1.165) is 0 Å². The van der Waals surface area contributed by atoms with Crippen LogP contribution in [0.4, 0.5) is 0 Å². The summed E-state index contributed by atoms with van der Waals surface area (Å²) in [6.07, 6.45) is 7.62. The maximum atomic E-state index is 4.39. The lowest BCUT2D eigenvalue weighted by Crippen LogP contribution is -1.93. The van der Waals surface area contributed by atoms with E-state index in [1.807, 2.05) is 36.1 Å². The number of thiophene rings is 1. The van der Waals surface area contributed by atoms with Crippen LogP contribution in [0.1, 0.15) is 0 Å². The van der Waals surface area contributed by atoms with Crippen LogP contribution >= 0.6 is 11.3 Å². The van der Waals surface area contributed by atoms with Crippen LogP contribution in [0, 0.1) is 0 Å². The van der Waals surface area contributed by atoms with Gasteiger partial charge in [-0.05, 0) is 107 Å². The van der Waals surface area contributed by atoms with Gasteiger partial charge in [0.05, 0.1) is 0 Å². The molecule has 0 saturated heterocycles. The van der Waals surface area contributed by atoms with E-state index in [0.29, 0.717) is 0 Å². The molecule has 0 amide bonds. The van der Waals surface area contributed by atoms with Gasteiger partial charge in [0, 0.05) is 50.5 Å². The molecule has 3 heteroatoms. The molecule has 0 unspecified atom stereocenters. The van der Waals surface area contributed by atoms with Crippen LogP contribution in [0.2, 0.25) is 0 Å². The van der Waals surface area contributed by atoms with Crippen LogP contribution in [0.3, 0.4) is 0 Å². The van der Waals surface area contributed by atoms with E-state index in [1.165, 1.54) is 108 Å². The lowest BCUT2D eigenvalue weighted by molar-refractivity contribution is 1.33. The predicted molar refractivity (Wildman–Crippen MR) is 216 cm³/mol. The van der Waals surface area contributed by atoms with Crippen LogP contribution in [-0.2, 0) is 0 Å². The van der Waals surface area contributed by atoms with Crippen molar-refractivity contribution in [3.63, 3.8) is 0 Å². The van der Waals surface area contributed by atoms with E-state index in [2.05, 4.69) is 156 Å². The fourth-order valence-corrected chi connectivity index (χ4v) is 9.91. The van der Waals surface area contributed by atoms with Gasteiger partial charge in [0.15, 0.2) is 0 Å². The number of hydrogen-bond acceptors (Lipinski definition) is 3. The first-order valence-electron chi connectivity index (χ1n) is 17.3. The molecule has 51 heavy (non-hydrogen) atoms. The molecule has 0 fully saturated rings. The van der Waals surface area contributed by atoms with Crippen LogP contribution in [0.5, 0.6) is 0 Å². The van der Waals surface area contributed by atoms with Gasteiger partial charge in [0.1, 0.15) is 0 Å². The Labute approximate surface area is 299 Å². The number of aromatic nitrogens is 2. The van der Waals surface area contributed by atoms with Gasteiger partial charge in [-0.1, -0.05) is 121 Å². The van der Waals surface area contributed by atoms with E-state index >= 15 is 0 Å². The van der Waals surface area contributed by atoms with Gasteiger partial charge in [-0.15, -0.1) is 11.3 Å². The van der Waals surface area contributed by atoms with E-state index in [9.17, 15) is 0 Å². The van der Waals surface area contributed by atoms with Crippen molar-refractivity contribution >= 4 is 53.1 Å². The number of fused-ring (bicyclic) bond motifs is 7. The van der Waals surface area contributed by atoms with Gasteiger partial charge in [0.2, 0.25) is 0 Å². The molecule has 1 aliphatic rings. The quantitative estimate of drug-likeness (QED) is 0.187. The summed E-state index contributed by atoms with van der Waals surface area (Å²) in [6.45, 7) is 0. The molecule has 236 valence electrons. The summed E-state index contributed by atoms with van der Waals surface area (Å²) in [6, 6.07) is 53.4. The van der Waals surface area contributed by atoms with Crippen molar-refractivity contribution in [2.45, 2.75) is 0 Å². The summed E-state index contributed by atoms with van der Waals surface area (Å²) in [5.74, 6) is 0. The Morgan fingerprint density at radius 1 is 0.294 bits per heavy atom. The minimum atomic E-state index is 1.17. The molecule has 0 N–H and O–H groups in total. The maximum absolute atomic E-state index is 4.39. The van der Waals surface area contributed by atoms with Gasteiger partial charge in [-0.2, -0.15) is 0 Å². The minimum Gasteiger partial charge on any atom is -0.265 e. The van der Waals surface area contributed by atoms with Crippen LogP contribution in [0.25, 0.3) is 108 Å². The molecule has 10 aromatic rings. The third-order valence-electron chi connectivity index (χ3n) is 10.6. The molecule has 1 aliphatic carbocycles. The summed E-state index contributed by atoms with van der Waals surface area (Å²) in [4.78, 5) is 8.78. The number of rotatable bonds is 4. The summed E-state index contributed by atoms with van der Waals surface area (Å²) < 4.78 is 2.66. The van der Waals surface area contributed by atoms with E-state index in [4.69, 9.17) is 0 Å². The van der Waals surface area contributed by atoms with Crippen molar-refractivity contribution in [3.05, 3.63) is 170 Å². The molecule has 2 nitrogen and oxygen atoms in total. The first-order chi connectivity index (χ1) is 25.3. The van der Waals surface area contributed by atoms with E-state index in [-0.39, 0.29) is 0 Å². The van der Waals surface area contributed by atoms with Gasteiger partial charge < -0.3 is 0 Å². The van der Waals surface area contributed by atoms with E-state index in [1.54, 1.807) is 0 Å². The van der Waals surface area contributed by atoms with Gasteiger partial charge in [-0.25, -0.2) is 0 Å². The number of benzene rings is 7. The molecule has 0 saturated carbocycles. The van der Waals surface area contributed by atoms with Crippen molar-refractivity contribution in [3.8, 4) is 66.8 Å². The Hall–Kier alpha value is -6.42. The van der Waals surface area contributed by atoms with Gasteiger partial charge in [0.25, 0.3) is 0 Å². The fraction of sp³-hybridized carbons (Fsp3) is 0. The molecule has 0 aliphatic heterocycles. The lowest BCUT2D eigenvalue weighted by atomic mass is 9.83. The molecule has 3 aromatic heterocycles. The number of pyridine rings is 2. The Morgan fingerprint density at radius 3 is 1.39 bits per heavy atom. The molecular weight excluding hydrogens is 637 g/mol. The SMILES string of the molecule is c1ccc(-c2cccc3c2sc2c(-c4ccc5c6c(cccc46)-c4c-5c(-c5ccncc5)c5ccccc5c4-c4ccncc4)cccc23)cc1. The third-order valence-corrected chi connectivity index (χ3v) is 11.9.